The fourth-order valence-corrected chi connectivity index (χ4v) is 2.63. The number of hydrogen-bond donors (Lipinski definition) is 1. The van der Waals surface area contributed by atoms with Crippen LogP contribution in [-0.2, 0) is 11.3 Å². The number of carbonyl (C=O) groups excluding carboxylic acids is 1. The number of amides is 1. The zero-order chi connectivity index (χ0) is 14.0. The number of benzene rings is 1. The number of likely N-dealkylation sites (N-methyl/N-ethyl adjacent to an activating group) is 1. The van der Waals surface area contributed by atoms with Gasteiger partial charge < -0.3 is 15.5 Å². The molecule has 0 aliphatic carbocycles. The quantitative estimate of drug-likeness (QED) is 0.897. The molecule has 0 radical (unpaired) electrons. The summed E-state index contributed by atoms with van der Waals surface area (Å²) in [7, 11) is 3.49. The van der Waals surface area contributed by atoms with Crippen LogP contribution in [0.2, 0.25) is 0 Å². The summed E-state index contributed by atoms with van der Waals surface area (Å²) in [5.41, 5.74) is 6.88. The van der Waals surface area contributed by atoms with Crippen molar-refractivity contribution in [3.8, 4) is 0 Å². The van der Waals surface area contributed by atoms with Gasteiger partial charge in [0, 0.05) is 38.4 Å². The molecule has 4 nitrogen and oxygen atoms in total. The molecule has 0 spiro atoms. The average molecular weight is 265 g/mol. The lowest BCUT2D eigenvalue weighted by atomic mass is 10.1. The molecule has 1 aliphatic rings. The lowest BCUT2D eigenvalue weighted by Crippen LogP contribution is -2.43. The number of nitrogens with two attached hydrogens (primary N) is 1. The van der Waals surface area contributed by atoms with E-state index in [-0.39, 0.29) is 24.3 Å². The summed E-state index contributed by atoms with van der Waals surface area (Å²) in [5.74, 6) is -0.243. The van der Waals surface area contributed by atoms with Gasteiger partial charge in [-0.3, -0.25) is 4.79 Å². The number of hydrogen-bond acceptors (Lipinski definition) is 3. The predicted octanol–water partition coefficient (Wildman–Crippen LogP) is 1.34. The first-order chi connectivity index (χ1) is 9.06. The van der Waals surface area contributed by atoms with Crippen molar-refractivity contribution in [3.63, 3.8) is 0 Å². The van der Waals surface area contributed by atoms with Crippen LogP contribution in [0.25, 0.3) is 0 Å². The third-order valence-electron chi connectivity index (χ3n) is 3.59. The van der Waals surface area contributed by atoms with Crippen molar-refractivity contribution in [2.24, 2.45) is 5.73 Å². The Morgan fingerprint density at radius 1 is 1.53 bits per heavy atom. The van der Waals surface area contributed by atoms with E-state index in [1.807, 2.05) is 11.0 Å². The van der Waals surface area contributed by atoms with Crippen molar-refractivity contribution in [1.29, 1.82) is 0 Å². The van der Waals surface area contributed by atoms with Crippen molar-refractivity contribution in [2.45, 2.75) is 25.4 Å². The van der Waals surface area contributed by atoms with E-state index in [0.29, 0.717) is 5.56 Å². The summed E-state index contributed by atoms with van der Waals surface area (Å²) in [4.78, 5) is 15.7. The zero-order valence-corrected chi connectivity index (χ0v) is 11.4. The fraction of sp³-hybridized carbons (Fsp3) is 0.500. The van der Waals surface area contributed by atoms with E-state index in [1.54, 1.807) is 25.1 Å². The van der Waals surface area contributed by atoms with Gasteiger partial charge in [0.25, 0.3) is 0 Å². The Bertz CT molecular complexity index is 476. The highest BCUT2D eigenvalue weighted by molar-refractivity contribution is 5.85. The monoisotopic (exact) mass is 265 g/mol. The van der Waals surface area contributed by atoms with Gasteiger partial charge in [0.15, 0.2) is 0 Å². The smallest absolute Gasteiger partial charge is 0.244 e. The molecule has 2 N–H and O–H groups in total. The van der Waals surface area contributed by atoms with Gasteiger partial charge in [0.2, 0.25) is 5.91 Å². The predicted molar refractivity (Wildman–Crippen MR) is 73.4 cm³/mol. The lowest BCUT2D eigenvalue weighted by Gasteiger charge is -2.29. The SMILES string of the molecule is CN(C)C(=O)C1CCCN1c1cccc(F)c1CN. The molecule has 1 aromatic rings. The van der Waals surface area contributed by atoms with Gasteiger partial charge in [-0.2, -0.15) is 0 Å². The number of halogens is 1. The van der Waals surface area contributed by atoms with E-state index in [4.69, 9.17) is 5.73 Å². The van der Waals surface area contributed by atoms with Crippen LogP contribution < -0.4 is 10.6 Å². The van der Waals surface area contributed by atoms with Gasteiger partial charge in [-0.25, -0.2) is 4.39 Å². The molecule has 1 heterocycles. The van der Waals surface area contributed by atoms with E-state index >= 15 is 0 Å². The molecule has 5 heteroatoms. The minimum Gasteiger partial charge on any atom is -0.359 e. The molecule has 1 amide bonds. The highest BCUT2D eigenvalue weighted by atomic mass is 19.1. The molecule has 104 valence electrons. The Labute approximate surface area is 113 Å². The minimum absolute atomic E-state index is 0.0599. The van der Waals surface area contributed by atoms with E-state index in [9.17, 15) is 9.18 Å². The van der Waals surface area contributed by atoms with Crippen molar-refractivity contribution in [2.75, 3.05) is 25.5 Å². The maximum Gasteiger partial charge on any atom is 0.244 e. The highest BCUT2D eigenvalue weighted by Crippen LogP contribution is 2.30. The van der Waals surface area contributed by atoms with Crippen LogP contribution in [-0.4, -0.2) is 37.5 Å². The van der Waals surface area contributed by atoms with Crippen molar-refractivity contribution in [1.82, 2.24) is 4.90 Å². The molecule has 0 saturated carbocycles. The van der Waals surface area contributed by atoms with Gasteiger partial charge in [0.1, 0.15) is 11.9 Å². The second kappa shape index (κ2) is 5.57. The average Bonchev–Trinajstić information content (AvgIpc) is 2.86. The first kappa shape index (κ1) is 13.8. The van der Waals surface area contributed by atoms with Crippen molar-refractivity contribution >= 4 is 11.6 Å². The number of carbonyl (C=O) groups is 1. The van der Waals surface area contributed by atoms with E-state index in [2.05, 4.69) is 0 Å². The molecule has 1 fully saturated rings. The first-order valence-electron chi connectivity index (χ1n) is 6.51. The Balaban J connectivity index is 2.35. The molecule has 0 aromatic heterocycles. The molecule has 2 rings (SSSR count). The zero-order valence-electron chi connectivity index (χ0n) is 11.4. The van der Waals surface area contributed by atoms with Gasteiger partial charge >= 0.3 is 0 Å². The number of nitrogens with zero attached hydrogens (tertiary/aromatic N) is 2. The Kier molecular flexibility index (Phi) is 4.04. The Morgan fingerprint density at radius 3 is 2.89 bits per heavy atom. The molecule has 0 bridgehead atoms. The van der Waals surface area contributed by atoms with E-state index < -0.39 is 0 Å². The second-order valence-corrected chi connectivity index (χ2v) is 5.03. The van der Waals surface area contributed by atoms with E-state index in [1.165, 1.54) is 6.07 Å². The van der Waals surface area contributed by atoms with Crippen LogP contribution in [0.3, 0.4) is 0 Å². The number of rotatable bonds is 3. The topological polar surface area (TPSA) is 49.6 Å². The maximum atomic E-state index is 13.8. The summed E-state index contributed by atoms with van der Waals surface area (Å²) in [6.45, 7) is 0.905. The highest BCUT2D eigenvalue weighted by Gasteiger charge is 2.33. The standard InChI is InChI=1S/C14H20FN3O/c1-17(2)14(19)13-7-4-8-18(13)12-6-3-5-11(15)10(12)9-16/h3,5-6,13H,4,7-9,16H2,1-2H3. The van der Waals surface area contributed by atoms with Crippen molar-refractivity contribution in [3.05, 3.63) is 29.6 Å². The summed E-state index contributed by atoms with van der Waals surface area (Å²) in [6.07, 6.45) is 1.74. The molecular weight excluding hydrogens is 245 g/mol. The molecular formula is C14H20FN3O. The molecule has 19 heavy (non-hydrogen) atoms. The largest absolute Gasteiger partial charge is 0.359 e. The Morgan fingerprint density at radius 2 is 2.26 bits per heavy atom. The number of anilines is 1. The third kappa shape index (κ3) is 2.56. The molecule has 1 atom stereocenters. The molecule has 1 unspecified atom stereocenters. The third-order valence-corrected chi connectivity index (χ3v) is 3.59. The summed E-state index contributed by atoms with van der Waals surface area (Å²) in [5, 5.41) is 0. The first-order valence-corrected chi connectivity index (χ1v) is 6.51. The van der Waals surface area contributed by atoms with Crippen LogP contribution in [0.15, 0.2) is 18.2 Å². The molecule has 1 aliphatic heterocycles. The van der Waals surface area contributed by atoms with Gasteiger partial charge in [-0.15, -0.1) is 0 Å². The normalized spacial score (nSPS) is 18.7. The lowest BCUT2D eigenvalue weighted by molar-refractivity contribution is -0.129. The van der Waals surface area contributed by atoms with Crippen LogP contribution >= 0.6 is 0 Å². The van der Waals surface area contributed by atoms with Crippen molar-refractivity contribution < 1.29 is 9.18 Å². The molecule has 1 saturated heterocycles. The minimum atomic E-state index is -0.303. The molecule has 1 aromatic carbocycles. The van der Waals surface area contributed by atoms with Crippen LogP contribution in [0.4, 0.5) is 10.1 Å². The van der Waals surface area contributed by atoms with Crippen LogP contribution in [0, 0.1) is 5.82 Å². The summed E-state index contributed by atoms with van der Waals surface area (Å²) < 4.78 is 13.8. The summed E-state index contributed by atoms with van der Waals surface area (Å²) >= 11 is 0. The maximum absolute atomic E-state index is 13.8. The Hall–Kier alpha value is -1.62. The van der Waals surface area contributed by atoms with Gasteiger partial charge in [-0.05, 0) is 25.0 Å². The fourth-order valence-electron chi connectivity index (χ4n) is 2.63. The van der Waals surface area contributed by atoms with Crippen LogP contribution in [0.1, 0.15) is 18.4 Å². The van der Waals surface area contributed by atoms with E-state index in [0.717, 1.165) is 25.1 Å². The second-order valence-electron chi connectivity index (χ2n) is 5.03. The van der Waals surface area contributed by atoms with Crippen LogP contribution in [0.5, 0.6) is 0 Å². The summed E-state index contributed by atoms with van der Waals surface area (Å²) in [6, 6.07) is 4.71. The van der Waals surface area contributed by atoms with Gasteiger partial charge in [-0.1, -0.05) is 6.07 Å². The van der Waals surface area contributed by atoms with Gasteiger partial charge in [0.05, 0.1) is 0 Å².